The van der Waals surface area contributed by atoms with Gasteiger partial charge in [-0.25, -0.2) is 0 Å². The third-order valence-corrected chi connectivity index (χ3v) is 14.0. The molecule has 0 aliphatic heterocycles. The molecule has 5 aliphatic rings. The van der Waals surface area contributed by atoms with Gasteiger partial charge < -0.3 is 9.84 Å². The van der Waals surface area contributed by atoms with Crippen LogP contribution in [0.3, 0.4) is 0 Å². The fraction of sp³-hybridized carbons (Fsp3) is 0.879. The normalized spacial score (nSPS) is 50.4. The Morgan fingerprint density at radius 1 is 0.919 bits per heavy atom. The predicted octanol–water partition coefficient (Wildman–Crippen LogP) is 8.05. The van der Waals surface area contributed by atoms with Gasteiger partial charge in [-0.1, -0.05) is 53.2 Å². The number of carboxylic acid groups (broad SMARTS) is 1. The molecule has 5 aliphatic carbocycles. The lowest BCUT2D eigenvalue weighted by atomic mass is 9.33. The number of carbonyl (C=O) groups is 2. The van der Waals surface area contributed by atoms with Crippen LogP contribution in [0.1, 0.15) is 120 Å². The number of ether oxygens (including phenoxy) is 1. The van der Waals surface area contributed by atoms with E-state index in [0.717, 1.165) is 38.5 Å². The van der Waals surface area contributed by atoms with Gasteiger partial charge >= 0.3 is 11.9 Å². The van der Waals surface area contributed by atoms with Crippen molar-refractivity contribution < 1.29 is 19.4 Å². The summed E-state index contributed by atoms with van der Waals surface area (Å²) in [5.41, 5.74) is 1.68. The van der Waals surface area contributed by atoms with Gasteiger partial charge in [0.25, 0.3) is 0 Å². The lowest BCUT2D eigenvalue weighted by molar-refractivity contribution is -0.200. The Morgan fingerprint density at radius 2 is 1.59 bits per heavy atom. The molecule has 208 valence electrons. The lowest BCUT2D eigenvalue weighted by Gasteiger charge is -2.71. The van der Waals surface area contributed by atoms with Gasteiger partial charge in [0.1, 0.15) is 0 Å². The highest BCUT2D eigenvalue weighted by Crippen LogP contribution is 2.76. The maximum absolute atomic E-state index is 13.0. The van der Waals surface area contributed by atoms with Crippen molar-refractivity contribution in [2.75, 3.05) is 6.61 Å². The van der Waals surface area contributed by atoms with E-state index in [1.807, 2.05) is 13.8 Å². The zero-order valence-electron chi connectivity index (χ0n) is 24.8. The van der Waals surface area contributed by atoms with Crippen molar-refractivity contribution >= 4 is 11.9 Å². The summed E-state index contributed by atoms with van der Waals surface area (Å²) in [5.74, 6) is 0.862. The first-order chi connectivity index (χ1) is 17.1. The van der Waals surface area contributed by atoms with Gasteiger partial charge in [0.2, 0.25) is 0 Å². The molecule has 2 unspecified atom stereocenters. The molecule has 0 aromatic rings. The molecule has 0 aromatic carbocycles. The molecule has 4 nitrogen and oxygen atoms in total. The minimum absolute atomic E-state index is 0.00557. The summed E-state index contributed by atoms with van der Waals surface area (Å²) in [6, 6.07) is 0. The van der Waals surface area contributed by atoms with E-state index in [0.29, 0.717) is 24.4 Å². The van der Waals surface area contributed by atoms with Crippen LogP contribution in [0.5, 0.6) is 0 Å². The van der Waals surface area contributed by atoms with Crippen molar-refractivity contribution in [1.82, 2.24) is 0 Å². The van der Waals surface area contributed by atoms with Gasteiger partial charge in [0, 0.05) is 0 Å². The van der Waals surface area contributed by atoms with E-state index in [1.165, 1.54) is 25.7 Å². The average molecular weight is 513 g/mol. The SMILES string of the molecule is CCOC(=O)[C@H]1CC[C@@]2(C)C(CC[C@]3(C)[C@@H]2CC=C2[C@@H]4CC(C)(C(=O)O)CC[C@]4(C)CC[C@]23C)C1(C)C. The Hall–Kier alpha value is -1.32. The molecular weight excluding hydrogens is 460 g/mol. The Morgan fingerprint density at radius 3 is 2.24 bits per heavy atom. The highest BCUT2D eigenvalue weighted by molar-refractivity contribution is 5.74. The Balaban J connectivity index is 1.52. The first-order valence-electron chi connectivity index (χ1n) is 15.2. The highest BCUT2D eigenvalue weighted by atomic mass is 16.5. The predicted molar refractivity (Wildman–Crippen MR) is 147 cm³/mol. The van der Waals surface area contributed by atoms with Gasteiger partial charge in [0.15, 0.2) is 0 Å². The number of aliphatic carboxylic acids is 1. The third kappa shape index (κ3) is 3.51. The number of carbonyl (C=O) groups excluding carboxylic acids is 1. The molecule has 4 saturated carbocycles. The molecule has 0 radical (unpaired) electrons. The Bertz CT molecular complexity index is 1010. The third-order valence-electron chi connectivity index (χ3n) is 14.0. The van der Waals surface area contributed by atoms with Crippen molar-refractivity contribution in [3.05, 3.63) is 11.6 Å². The summed E-state index contributed by atoms with van der Waals surface area (Å²) in [6.07, 6.45) is 13.2. The molecule has 0 aromatic heterocycles. The monoisotopic (exact) mass is 512 g/mol. The molecular formula is C33H52O4. The van der Waals surface area contributed by atoms with Crippen LogP contribution >= 0.6 is 0 Å². The Kier molecular flexibility index (Phi) is 6.14. The minimum atomic E-state index is -0.615. The van der Waals surface area contributed by atoms with E-state index in [2.05, 4.69) is 47.6 Å². The summed E-state index contributed by atoms with van der Waals surface area (Å²) in [6.45, 7) is 19.2. The fourth-order valence-corrected chi connectivity index (χ4v) is 11.2. The maximum atomic E-state index is 13.0. The van der Waals surface area contributed by atoms with Crippen LogP contribution in [-0.2, 0) is 14.3 Å². The van der Waals surface area contributed by atoms with Crippen molar-refractivity contribution in [2.24, 2.45) is 56.2 Å². The number of rotatable bonds is 3. The minimum Gasteiger partial charge on any atom is -0.481 e. The molecule has 0 saturated heterocycles. The zero-order chi connectivity index (χ0) is 27.2. The van der Waals surface area contributed by atoms with Crippen LogP contribution in [0.25, 0.3) is 0 Å². The molecule has 4 heteroatoms. The van der Waals surface area contributed by atoms with Crippen LogP contribution < -0.4 is 0 Å². The molecule has 37 heavy (non-hydrogen) atoms. The number of allylic oxidation sites excluding steroid dienone is 2. The molecule has 0 amide bonds. The number of fused-ring (bicyclic) bond motifs is 7. The lowest BCUT2D eigenvalue weighted by Crippen LogP contribution is -2.64. The smallest absolute Gasteiger partial charge is 0.309 e. The molecule has 5 rings (SSSR count). The summed E-state index contributed by atoms with van der Waals surface area (Å²) < 4.78 is 5.55. The molecule has 1 N–H and O–H groups in total. The van der Waals surface area contributed by atoms with E-state index >= 15 is 0 Å². The summed E-state index contributed by atoms with van der Waals surface area (Å²) in [5, 5.41) is 10.1. The number of carboxylic acids is 1. The molecule has 4 fully saturated rings. The van der Waals surface area contributed by atoms with Crippen molar-refractivity contribution in [1.29, 1.82) is 0 Å². The molecule has 0 heterocycles. The summed E-state index contributed by atoms with van der Waals surface area (Å²) in [7, 11) is 0. The number of hydrogen-bond acceptors (Lipinski definition) is 3. The Labute approximate surface area is 225 Å². The number of esters is 1. The highest BCUT2D eigenvalue weighted by Gasteiger charge is 2.68. The van der Waals surface area contributed by atoms with Gasteiger partial charge in [-0.3, -0.25) is 9.59 Å². The topological polar surface area (TPSA) is 63.6 Å². The van der Waals surface area contributed by atoms with E-state index in [1.54, 1.807) is 5.57 Å². The van der Waals surface area contributed by atoms with Crippen molar-refractivity contribution in [3.63, 3.8) is 0 Å². The molecule has 0 spiro atoms. The van der Waals surface area contributed by atoms with E-state index in [-0.39, 0.29) is 39.0 Å². The average Bonchev–Trinajstić information content (AvgIpc) is 2.80. The van der Waals surface area contributed by atoms with Crippen molar-refractivity contribution in [2.45, 2.75) is 120 Å². The van der Waals surface area contributed by atoms with Crippen LogP contribution in [0.2, 0.25) is 0 Å². The second kappa shape index (κ2) is 8.34. The number of hydrogen-bond donors (Lipinski definition) is 1. The first-order valence-corrected chi connectivity index (χ1v) is 15.2. The summed E-state index contributed by atoms with van der Waals surface area (Å²) in [4.78, 5) is 25.3. The standard InChI is InChI=1S/C33H52O4/c1-9-37-26(34)22-12-14-31(6)24(28(22,2)3)13-15-33(8)25(31)11-10-21-23-20-30(5,27(35)36)17-16-29(23,4)18-19-32(21,33)7/h10,22-25H,9,11-20H2,1-8H3,(H,35,36)/t22-,23+,24?,25-,29-,30?,31+,32-,33-/m1/s1. The second-order valence-electron chi connectivity index (χ2n) is 15.7. The second-order valence-corrected chi connectivity index (χ2v) is 15.7. The van der Waals surface area contributed by atoms with Crippen LogP contribution in [0, 0.1) is 56.2 Å². The molecule has 0 bridgehead atoms. The van der Waals surface area contributed by atoms with Crippen LogP contribution in [0.4, 0.5) is 0 Å². The molecule has 9 atom stereocenters. The first kappa shape index (κ1) is 27.3. The largest absolute Gasteiger partial charge is 0.481 e. The fourth-order valence-electron chi connectivity index (χ4n) is 11.2. The van der Waals surface area contributed by atoms with Crippen molar-refractivity contribution in [3.8, 4) is 0 Å². The van der Waals surface area contributed by atoms with Gasteiger partial charge in [-0.2, -0.15) is 0 Å². The van der Waals surface area contributed by atoms with E-state index in [4.69, 9.17) is 4.74 Å². The van der Waals surface area contributed by atoms with Crippen LogP contribution in [0.15, 0.2) is 11.6 Å². The quantitative estimate of drug-likeness (QED) is 0.307. The van der Waals surface area contributed by atoms with Crippen LogP contribution in [-0.4, -0.2) is 23.7 Å². The van der Waals surface area contributed by atoms with Gasteiger partial charge in [0.05, 0.1) is 17.9 Å². The van der Waals surface area contributed by atoms with Gasteiger partial charge in [-0.15, -0.1) is 0 Å². The zero-order valence-corrected chi connectivity index (χ0v) is 24.8. The van der Waals surface area contributed by atoms with E-state index in [9.17, 15) is 14.7 Å². The van der Waals surface area contributed by atoms with Gasteiger partial charge in [-0.05, 0) is 123 Å². The van der Waals surface area contributed by atoms with E-state index < -0.39 is 11.4 Å². The summed E-state index contributed by atoms with van der Waals surface area (Å²) >= 11 is 0. The maximum Gasteiger partial charge on any atom is 0.309 e.